The maximum atomic E-state index is 12.6. The molecule has 0 aliphatic rings. The molecule has 0 saturated heterocycles. The van der Waals surface area contributed by atoms with E-state index in [4.69, 9.17) is 25.8 Å². The average Bonchev–Trinajstić information content (AvgIpc) is 2.64. The van der Waals surface area contributed by atoms with E-state index in [1.807, 2.05) is 0 Å². The van der Waals surface area contributed by atoms with E-state index in [0.29, 0.717) is 17.2 Å². The molecular formula is C20H25ClN2O6S. The molecule has 0 aliphatic heterocycles. The molecule has 2 aromatic rings. The fourth-order valence-electron chi connectivity index (χ4n) is 2.31. The highest BCUT2D eigenvalue weighted by atomic mass is 35.5. The molecule has 0 aliphatic carbocycles. The Bertz CT molecular complexity index is 989. The fraction of sp³-hybridized carbons (Fsp3) is 0.350. The van der Waals surface area contributed by atoms with Crippen LogP contribution in [0.1, 0.15) is 20.8 Å². The van der Waals surface area contributed by atoms with Crippen LogP contribution >= 0.6 is 11.6 Å². The van der Waals surface area contributed by atoms with Crippen LogP contribution < -0.4 is 19.5 Å². The monoisotopic (exact) mass is 456 g/mol. The van der Waals surface area contributed by atoms with E-state index >= 15 is 0 Å². The van der Waals surface area contributed by atoms with Gasteiger partial charge in [-0.1, -0.05) is 17.7 Å². The van der Waals surface area contributed by atoms with Crippen molar-refractivity contribution in [2.24, 2.45) is 0 Å². The van der Waals surface area contributed by atoms with Gasteiger partial charge in [-0.15, -0.1) is 0 Å². The number of halogens is 1. The lowest BCUT2D eigenvalue weighted by atomic mass is 10.2. The number of ether oxygens (including phenoxy) is 3. The predicted molar refractivity (Wildman–Crippen MR) is 115 cm³/mol. The first-order chi connectivity index (χ1) is 14.0. The van der Waals surface area contributed by atoms with Gasteiger partial charge in [-0.25, -0.2) is 13.2 Å². The van der Waals surface area contributed by atoms with E-state index in [0.717, 1.165) is 0 Å². The molecule has 0 radical (unpaired) electrons. The number of anilines is 1. The van der Waals surface area contributed by atoms with Crippen LogP contribution in [0.2, 0.25) is 5.02 Å². The van der Waals surface area contributed by atoms with Crippen molar-refractivity contribution in [3.63, 3.8) is 0 Å². The number of carbonyl (C=O) groups is 1. The Kier molecular flexibility index (Phi) is 7.80. The van der Waals surface area contributed by atoms with Crippen molar-refractivity contribution in [1.29, 1.82) is 0 Å². The van der Waals surface area contributed by atoms with Crippen LogP contribution in [0, 0.1) is 0 Å². The van der Waals surface area contributed by atoms with Crippen LogP contribution in [0.4, 0.5) is 10.5 Å². The Labute approximate surface area is 181 Å². The van der Waals surface area contributed by atoms with Gasteiger partial charge in [0.2, 0.25) is 0 Å². The summed E-state index contributed by atoms with van der Waals surface area (Å²) < 4.78 is 43.4. The number of hydrogen-bond donors (Lipinski definition) is 2. The van der Waals surface area contributed by atoms with Crippen molar-refractivity contribution in [1.82, 2.24) is 5.32 Å². The molecule has 0 saturated carbocycles. The average molecular weight is 457 g/mol. The van der Waals surface area contributed by atoms with Gasteiger partial charge < -0.3 is 19.5 Å². The number of rotatable bonds is 8. The Balaban J connectivity index is 1.95. The molecule has 0 unspecified atom stereocenters. The Morgan fingerprint density at radius 2 is 1.87 bits per heavy atom. The molecule has 0 atom stereocenters. The van der Waals surface area contributed by atoms with E-state index in [2.05, 4.69) is 10.0 Å². The second-order valence-electron chi connectivity index (χ2n) is 7.21. The highest BCUT2D eigenvalue weighted by molar-refractivity contribution is 7.92. The zero-order valence-corrected chi connectivity index (χ0v) is 18.8. The van der Waals surface area contributed by atoms with Gasteiger partial charge in [0.05, 0.1) is 29.3 Å². The van der Waals surface area contributed by atoms with Gasteiger partial charge in [0.15, 0.2) is 0 Å². The van der Waals surface area contributed by atoms with Crippen LogP contribution in [0.3, 0.4) is 0 Å². The Morgan fingerprint density at radius 1 is 1.13 bits per heavy atom. The third-order valence-electron chi connectivity index (χ3n) is 3.56. The normalized spacial score (nSPS) is 11.5. The summed E-state index contributed by atoms with van der Waals surface area (Å²) in [5.74, 6) is 0.819. The van der Waals surface area contributed by atoms with E-state index in [9.17, 15) is 13.2 Å². The first-order valence-electron chi connectivity index (χ1n) is 9.06. The predicted octanol–water partition coefficient (Wildman–Crippen LogP) is 4.05. The van der Waals surface area contributed by atoms with Crippen LogP contribution in [-0.4, -0.2) is 40.4 Å². The summed E-state index contributed by atoms with van der Waals surface area (Å²) in [7, 11) is -2.40. The van der Waals surface area contributed by atoms with Crippen molar-refractivity contribution in [3.8, 4) is 11.5 Å². The number of hydrogen-bond acceptors (Lipinski definition) is 6. The molecule has 2 aromatic carbocycles. The number of amides is 1. The zero-order valence-electron chi connectivity index (χ0n) is 17.2. The van der Waals surface area contributed by atoms with E-state index in [1.54, 1.807) is 39.0 Å². The molecule has 0 spiro atoms. The molecular weight excluding hydrogens is 432 g/mol. The minimum absolute atomic E-state index is 0.00109. The first-order valence-corrected chi connectivity index (χ1v) is 10.9. The van der Waals surface area contributed by atoms with Crippen molar-refractivity contribution in [2.45, 2.75) is 31.3 Å². The topological polar surface area (TPSA) is 103 Å². The lowest BCUT2D eigenvalue weighted by molar-refractivity contribution is 0.0520. The van der Waals surface area contributed by atoms with Gasteiger partial charge in [-0.2, -0.15) is 0 Å². The summed E-state index contributed by atoms with van der Waals surface area (Å²) in [4.78, 5) is 11.6. The number of methoxy groups -OCH3 is 1. The summed E-state index contributed by atoms with van der Waals surface area (Å²) >= 11 is 6.02. The lowest BCUT2D eigenvalue weighted by Crippen LogP contribution is -2.34. The van der Waals surface area contributed by atoms with E-state index in [1.165, 1.54) is 31.4 Å². The quantitative estimate of drug-likeness (QED) is 0.581. The third kappa shape index (κ3) is 7.31. The molecule has 0 bridgehead atoms. The van der Waals surface area contributed by atoms with Gasteiger partial charge in [0, 0.05) is 6.07 Å². The minimum atomic E-state index is -3.85. The van der Waals surface area contributed by atoms with Crippen molar-refractivity contribution >= 4 is 33.4 Å². The van der Waals surface area contributed by atoms with Gasteiger partial charge in [-0.05, 0) is 51.1 Å². The standard InChI is InChI=1S/C20H25ClN2O6S/c1-20(2,3)29-19(24)22-10-11-28-15-7-5-6-14(12-15)23-30(25,26)16-8-9-18(27-4)17(21)13-16/h5-9,12-13,23H,10-11H2,1-4H3,(H,22,24). The number of alkyl carbamates (subject to hydrolysis) is 1. The summed E-state index contributed by atoms with van der Waals surface area (Å²) in [5.41, 5.74) is -0.260. The number of sulfonamides is 1. The second-order valence-corrected chi connectivity index (χ2v) is 9.30. The van der Waals surface area contributed by atoms with Gasteiger partial charge >= 0.3 is 6.09 Å². The first kappa shape index (κ1) is 23.6. The molecule has 30 heavy (non-hydrogen) atoms. The number of benzene rings is 2. The molecule has 164 valence electrons. The molecule has 1 amide bonds. The van der Waals surface area contributed by atoms with Gasteiger partial charge in [-0.3, -0.25) is 4.72 Å². The van der Waals surface area contributed by atoms with E-state index in [-0.39, 0.29) is 23.1 Å². The summed E-state index contributed by atoms with van der Waals surface area (Å²) in [6.07, 6.45) is -0.536. The number of carbonyl (C=O) groups excluding carboxylic acids is 1. The Morgan fingerprint density at radius 3 is 2.50 bits per heavy atom. The van der Waals surface area contributed by atoms with Crippen LogP contribution in [0.25, 0.3) is 0 Å². The SMILES string of the molecule is COc1ccc(S(=O)(=O)Nc2cccc(OCCNC(=O)OC(C)(C)C)c2)cc1Cl. The smallest absolute Gasteiger partial charge is 0.407 e. The maximum Gasteiger partial charge on any atom is 0.407 e. The van der Waals surface area contributed by atoms with Crippen LogP contribution in [0.5, 0.6) is 11.5 Å². The summed E-state index contributed by atoms with van der Waals surface area (Å²) in [5, 5.41) is 2.77. The van der Waals surface area contributed by atoms with Gasteiger partial charge in [0.25, 0.3) is 10.0 Å². The highest BCUT2D eigenvalue weighted by Gasteiger charge is 2.17. The van der Waals surface area contributed by atoms with Crippen LogP contribution in [0.15, 0.2) is 47.4 Å². The molecule has 0 fully saturated rings. The second kappa shape index (κ2) is 9.90. The van der Waals surface area contributed by atoms with Crippen molar-refractivity contribution < 1.29 is 27.4 Å². The molecule has 8 nitrogen and oxygen atoms in total. The van der Waals surface area contributed by atoms with Crippen LogP contribution in [-0.2, 0) is 14.8 Å². The molecule has 2 N–H and O–H groups in total. The zero-order chi connectivity index (χ0) is 22.4. The fourth-order valence-corrected chi connectivity index (χ4v) is 3.71. The Hall–Kier alpha value is -2.65. The molecule has 0 aromatic heterocycles. The molecule has 0 heterocycles. The highest BCUT2D eigenvalue weighted by Crippen LogP contribution is 2.28. The van der Waals surface area contributed by atoms with Crippen molar-refractivity contribution in [2.75, 3.05) is 25.0 Å². The molecule has 10 heteroatoms. The minimum Gasteiger partial charge on any atom is -0.495 e. The lowest BCUT2D eigenvalue weighted by Gasteiger charge is -2.19. The summed E-state index contributed by atoms with van der Waals surface area (Å²) in [6.45, 7) is 5.74. The summed E-state index contributed by atoms with van der Waals surface area (Å²) in [6, 6.07) is 10.6. The molecule has 2 rings (SSSR count). The van der Waals surface area contributed by atoms with E-state index < -0.39 is 21.7 Å². The van der Waals surface area contributed by atoms with Gasteiger partial charge in [0.1, 0.15) is 23.7 Å². The van der Waals surface area contributed by atoms with Crippen molar-refractivity contribution in [3.05, 3.63) is 47.5 Å². The third-order valence-corrected chi connectivity index (χ3v) is 5.23. The largest absolute Gasteiger partial charge is 0.495 e. The maximum absolute atomic E-state index is 12.6. The number of nitrogens with one attached hydrogen (secondary N) is 2.